The third kappa shape index (κ3) is 2.44. The van der Waals surface area contributed by atoms with Gasteiger partial charge in [0.25, 0.3) is 5.91 Å². The fourth-order valence-electron chi connectivity index (χ4n) is 3.07. The summed E-state index contributed by atoms with van der Waals surface area (Å²) in [5, 5.41) is 3.71. The molecule has 0 spiro atoms. The molecule has 0 saturated carbocycles. The molecule has 4 rings (SSSR count). The first kappa shape index (κ1) is 14.5. The van der Waals surface area contributed by atoms with Gasteiger partial charge in [-0.25, -0.2) is 0 Å². The van der Waals surface area contributed by atoms with Gasteiger partial charge in [0.1, 0.15) is 5.75 Å². The molecule has 1 N–H and O–H groups in total. The summed E-state index contributed by atoms with van der Waals surface area (Å²) in [6.07, 6.45) is 2.17. The minimum absolute atomic E-state index is 0.00766. The molecule has 0 unspecified atom stereocenters. The lowest BCUT2D eigenvalue weighted by atomic mass is 10.0. The molecule has 1 amide bonds. The van der Waals surface area contributed by atoms with Gasteiger partial charge >= 0.3 is 0 Å². The number of carbonyl (C=O) groups is 2. The number of benzene rings is 2. The number of nitrogens with zero attached hydrogens (tertiary/aromatic N) is 1. The highest BCUT2D eigenvalue weighted by atomic mass is 16.5. The number of hydrogen-bond donors (Lipinski definition) is 1. The summed E-state index contributed by atoms with van der Waals surface area (Å²) in [5.41, 5.74) is 3.27. The van der Waals surface area contributed by atoms with Crippen molar-refractivity contribution >= 4 is 28.3 Å². The number of nitrogens with one attached hydrogen (secondary N) is 1. The van der Waals surface area contributed by atoms with E-state index in [1.807, 2.05) is 54.2 Å². The number of aryl methyl sites for hydroxylation is 1. The molecular weight excluding hydrogens is 304 g/mol. The van der Waals surface area contributed by atoms with E-state index in [1.54, 1.807) is 6.07 Å². The molecule has 1 aromatic heterocycles. The van der Waals surface area contributed by atoms with Gasteiger partial charge in [-0.15, -0.1) is 0 Å². The maximum Gasteiger partial charge on any atom is 0.262 e. The quantitative estimate of drug-likeness (QED) is 0.755. The van der Waals surface area contributed by atoms with E-state index in [0.29, 0.717) is 17.9 Å². The number of fused-ring (bicyclic) bond motifs is 2. The molecule has 0 radical (unpaired) electrons. The average molecular weight is 320 g/mol. The van der Waals surface area contributed by atoms with Gasteiger partial charge < -0.3 is 14.6 Å². The molecule has 24 heavy (non-hydrogen) atoms. The molecule has 0 atom stereocenters. The number of para-hydroxylation sites is 1. The van der Waals surface area contributed by atoms with Gasteiger partial charge in [-0.2, -0.15) is 0 Å². The second kappa shape index (κ2) is 5.53. The van der Waals surface area contributed by atoms with Crippen LogP contribution in [-0.2, 0) is 18.3 Å². The summed E-state index contributed by atoms with van der Waals surface area (Å²) in [6, 6.07) is 13.3. The topological polar surface area (TPSA) is 60.3 Å². The van der Waals surface area contributed by atoms with Crippen LogP contribution < -0.4 is 10.1 Å². The van der Waals surface area contributed by atoms with Crippen molar-refractivity contribution in [2.45, 2.75) is 6.42 Å². The Balaban J connectivity index is 1.63. The van der Waals surface area contributed by atoms with E-state index < -0.39 is 0 Å². The molecule has 1 aliphatic heterocycles. The number of aromatic nitrogens is 1. The Labute approximate surface area is 138 Å². The average Bonchev–Trinajstić information content (AvgIpc) is 2.92. The molecule has 5 nitrogen and oxygen atoms in total. The van der Waals surface area contributed by atoms with Crippen molar-refractivity contribution in [3.8, 4) is 5.75 Å². The third-order valence-electron chi connectivity index (χ3n) is 4.24. The van der Waals surface area contributed by atoms with Crippen molar-refractivity contribution in [1.82, 2.24) is 4.57 Å². The molecule has 0 saturated heterocycles. The maximum atomic E-state index is 12.7. The molecule has 120 valence electrons. The van der Waals surface area contributed by atoms with Gasteiger partial charge in [-0.3, -0.25) is 9.59 Å². The van der Waals surface area contributed by atoms with E-state index in [2.05, 4.69) is 5.32 Å². The molecule has 5 heteroatoms. The number of ketones is 1. The summed E-state index contributed by atoms with van der Waals surface area (Å²) in [4.78, 5) is 24.0. The highest BCUT2D eigenvalue weighted by Gasteiger charge is 2.18. The summed E-state index contributed by atoms with van der Waals surface area (Å²) < 4.78 is 7.38. The highest BCUT2D eigenvalue weighted by molar-refractivity contribution is 6.09. The molecule has 0 fully saturated rings. The van der Waals surface area contributed by atoms with Crippen LogP contribution >= 0.6 is 0 Å². The third-order valence-corrected chi connectivity index (χ3v) is 4.24. The van der Waals surface area contributed by atoms with E-state index >= 15 is 0 Å². The number of ether oxygens (including phenoxy) is 1. The van der Waals surface area contributed by atoms with Crippen LogP contribution in [0.2, 0.25) is 0 Å². The van der Waals surface area contributed by atoms with E-state index in [1.165, 1.54) is 0 Å². The number of anilines is 1. The lowest BCUT2D eigenvalue weighted by molar-refractivity contribution is -0.118. The van der Waals surface area contributed by atoms with Crippen LogP contribution in [-0.4, -0.2) is 22.9 Å². The summed E-state index contributed by atoms with van der Waals surface area (Å²) >= 11 is 0. The van der Waals surface area contributed by atoms with Crippen LogP contribution in [0.15, 0.2) is 48.7 Å². The fourth-order valence-corrected chi connectivity index (χ4v) is 3.07. The molecular formula is C19H16N2O3. The Kier molecular flexibility index (Phi) is 3.34. The van der Waals surface area contributed by atoms with Crippen LogP contribution in [0, 0.1) is 0 Å². The monoisotopic (exact) mass is 320 g/mol. The Morgan fingerprint density at radius 3 is 2.96 bits per heavy atom. The lowest BCUT2D eigenvalue weighted by Gasteiger charge is -2.18. The summed E-state index contributed by atoms with van der Waals surface area (Å²) in [7, 11) is 1.94. The number of rotatable bonds is 3. The Bertz CT molecular complexity index is 972. The molecule has 2 aromatic carbocycles. The molecule has 0 aliphatic carbocycles. The molecule has 0 bridgehead atoms. The summed E-state index contributed by atoms with van der Waals surface area (Å²) in [5.74, 6) is 0.506. The Morgan fingerprint density at radius 2 is 2.08 bits per heavy atom. The normalized spacial score (nSPS) is 13.3. The minimum Gasteiger partial charge on any atom is -0.482 e. The Hall–Kier alpha value is -3.08. The van der Waals surface area contributed by atoms with Crippen molar-refractivity contribution in [2.75, 3.05) is 11.9 Å². The van der Waals surface area contributed by atoms with Crippen LogP contribution in [0.3, 0.4) is 0 Å². The van der Waals surface area contributed by atoms with Gasteiger partial charge in [0.15, 0.2) is 12.4 Å². The van der Waals surface area contributed by atoms with E-state index in [4.69, 9.17) is 4.74 Å². The van der Waals surface area contributed by atoms with E-state index in [0.717, 1.165) is 22.0 Å². The predicted octanol–water partition coefficient (Wildman–Crippen LogP) is 2.93. The number of amides is 1. The highest BCUT2D eigenvalue weighted by Crippen LogP contribution is 2.29. The van der Waals surface area contributed by atoms with Gasteiger partial charge in [-0.1, -0.05) is 24.3 Å². The van der Waals surface area contributed by atoms with Crippen LogP contribution in [0.25, 0.3) is 10.9 Å². The van der Waals surface area contributed by atoms with Crippen molar-refractivity contribution < 1.29 is 14.3 Å². The van der Waals surface area contributed by atoms with Crippen molar-refractivity contribution in [3.05, 3.63) is 59.8 Å². The van der Waals surface area contributed by atoms with E-state index in [9.17, 15) is 9.59 Å². The first-order valence-electron chi connectivity index (χ1n) is 7.74. The lowest BCUT2D eigenvalue weighted by Crippen LogP contribution is -2.25. The molecule has 2 heterocycles. The number of hydrogen-bond acceptors (Lipinski definition) is 3. The zero-order valence-corrected chi connectivity index (χ0v) is 13.2. The summed E-state index contributed by atoms with van der Waals surface area (Å²) in [6.45, 7) is 0.00766. The number of Topliss-reactive ketones (excluding diaryl/α,β-unsaturated/α-hetero) is 1. The minimum atomic E-state index is -0.165. The van der Waals surface area contributed by atoms with Crippen LogP contribution in [0.1, 0.15) is 15.9 Å². The molecule has 1 aliphatic rings. The van der Waals surface area contributed by atoms with Crippen molar-refractivity contribution in [1.29, 1.82) is 0 Å². The Morgan fingerprint density at radius 1 is 1.25 bits per heavy atom. The predicted molar refractivity (Wildman–Crippen MR) is 91.5 cm³/mol. The zero-order chi connectivity index (χ0) is 16.7. The van der Waals surface area contributed by atoms with E-state index in [-0.39, 0.29) is 18.3 Å². The fraction of sp³-hybridized carbons (Fsp3) is 0.158. The van der Waals surface area contributed by atoms with Gasteiger partial charge in [0.05, 0.1) is 5.69 Å². The maximum absolute atomic E-state index is 12.7. The van der Waals surface area contributed by atoms with Crippen molar-refractivity contribution in [2.24, 2.45) is 7.05 Å². The smallest absolute Gasteiger partial charge is 0.262 e. The largest absolute Gasteiger partial charge is 0.482 e. The standard InChI is InChI=1S/C19H16N2O3/c1-21-10-14(13-4-2-3-5-16(13)21)17(22)8-12-6-7-15-18(9-12)24-11-19(23)20-15/h2-7,9-10H,8,11H2,1H3,(H,20,23). The molecule has 3 aromatic rings. The second-order valence-electron chi connectivity index (χ2n) is 5.94. The zero-order valence-electron chi connectivity index (χ0n) is 13.2. The van der Waals surface area contributed by atoms with Gasteiger partial charge in [0, 0.05) is 36.1 Å². The first-order valence-corrected chi connectivity index (χ1v) is 7.74. The SMILES string of the molecule is Cn1cc(C(=O)Cc2ccc3c(c2)OCC(=O)N3)c2ccccc21. The first-order chi connectivity index (χ1) is 11.6. The van der Waals surface area contributed by atoms with Gasteiger partial charge in [-0.05, 0) is 23.8 Å². The van der Waals surface area contributed by atoms with Crippen LogP contribution in [0.4, 0.5) is 5.69 Å². The second-order valence-corrected chi connectivity index (χ2v) is 5.94. The van der Waals surface area contributed by atoms with Crippen molar-refractivity contribution in [3.63, 3.8) is 0 Å². The van der Waals surface area contributed by atoms with Gasteiger partial charge in [0.2, 0.25) is 0 Å². The van der Waals surface area contributed by atoms with Crippen LogP contribution in [0.5, 0.6) is 5.75 Å². The number of carbonyl (C=O) groups excluding carboxylic acids is 2.